The normalized spacial score (nSPS) is 11.2. The highest BCUT2D eigenvalue weighted by Gasteiger charge is 1.96. The third kappa shape index (κ3) is 6.37. The molecule has 0 aliphatic rings. The molecular formula is C13H16O4. The predicted molar refractivity (Wildman–Crippen MR) is 64.1 cm³/mol. The molecule has 4 heteroatoms. The van der Waals surface area contributed by atoms with Crippen LogP contribution in [0, 0.1) is 0 Å². The monoisotopic (exact) mass is 236 g/mol. The predicted octanol–water partition coefficient (Wildman–Crippen LogP) is 2.11. The van der Waals surface area contributed by atoms with E-state index in [-0.39, 0.29) is 0 Å². The van der Waals surface area contributed by atoms with E-state index < -0.39 is 5.97 Å². The van der Waals surface area contributed by atoms with Crippen molar-refractivity contribution in [2.24, 2.45) is 0 Å². The minimum atomic E-state index is -0.952. The lowest BCUT2D eigenvalue weighted by Gasteiger charge is -2.06. The van der Waals surface area contributed by atoms with Gasteiger partial charge in [0.25, 0.3) is 0 Å². The van der Waals surface area contributed by atoms with Crippen molar-refractivity contribution < 1.29 is 19.4 Å². The highest BCUT2D eigenvalue weighted by atomic mass is 16.5. The van der Waals surface area contributed by atoms with Crippen molar-refractivity contribution in [1.82, 2.24) is 0 Å². The second-order valence-corrected chi connectivity index (χ2v) is 3.54. The Morgan fingerprint density at radius 2 is 2.00 bits per heavy atom. The van der Waals surface area contributed by atoms with Gasteiger partial charge in [-0.15, -0.1) is 0 Å². The van der Waals surface area contributed by atoms with Gasteiger partial charge in [0, 0.05) is 6.08 Å². The standard InChI is InChI=1S/C13H16O4/c1-11(9-13(14)15)10-16-7-8-17-12-5-3-2-4-6-12/h2-6,9H,7-8,10H2,1H3,(H,14,15). The molecule has 0 radical (unpaired) electrons. The fourth-order valence-electron chi connectivity index (χ4n) is 1.22. The summed E-state index contributed by atoms with van der Waals surface area (Å²) in [7, 11) is 0. The first kappa shape index (κ1) is 13.3. The average Bonchev–Trinajstić information content (AvgIpc) is 2.29. The van der Waals surface area contributed by atoms with Gasteiger partial charge >= 0.3 is 5.97 Å². The zero-order valence-corrected chi connectivity index (χ0v) is 9.76. The van der Waals surface area contributed by atoms with Crippen LogP contribution in [0.4, 0.5) is 0 Å². The number of ether oxygens (including phenoxy) is 2. The minimum absolute atomic E-state index is 0.310. The van der Waals surface area contributed by atoms with Crippen LogP contribution in [-0.4, -0.2) is 30.9 Å². The third-order valence-corrected chi connectivity index (χ3v) is 1.94. The summed E-state index contributed by atoms with van der Waals surface area (Å²) in [5.74, 6) is -0.152. The Bertz CT molecular complexity index is 370. The lowest BCUT2D eigenvalue weighted by atomic mass is 10.3. The topological polar surface area (TPSA) is 55.8 Å². The first-order valence-corrected chi connectivity index (χ1v) is 5.34. The molecule has 0 saturated heterocycles. The summed E-state index contributed by atoms with van der Waals surface area (Å²) in [4.78, 5) is 10.3. The maximum absolute atomic E-state index is 10.3. The van der Waals surface area contributed by atoms with Crippen LogP contribution >= 0.6 is 0 Å². The second-order valence-electron chi connectivity index (χ2n) is 3.54. The summed E-state index contributed by atoms with van der Waals surface area (Å²) in [6.45, 7) is 2.90. The van der Waals surface area contributed by atoms with Gasteiger partial charge in [-0.3, -0.25) is 0 Å². The quantitative estimate of drug-likeness (QED) is 0.582. The summed E-state index contributed by atoms with van der Waals surface area (Å²) in [5.41, 5.74) is 0.678. The summed E-state index contributed by atoms with van der Waals surface area (Å²) in [6, 6.07) is 9.46. The molecule has 0 amide bonds. The molecule has 0 heterocycles. The number of para-hydroxylation sites is 1. The van der Waals surface area contributed by atoms with Crippen molar-refractivity contribution in [2.75, 3.05) is 19.8 Å². The first-order valence-electron chi connectivity index (χ1n) is 5.34. The molecule has 0 bridgehead atoms. The van der Waals surface area contributed by atoms with Crippen LogP contribution in [-0.2, 0) is 9.53 Å². The molecule has 0 aromatic heterocycles. The number of benzene rings is 1. The van der Waals surface area contributed by atoms with Gasteiger partial charge in [-0.05, 0) is 24.6 Å². The minimum Gasteiger partial charge on any atom is -0.491 e. The van der Waals surface area contributed by atoms with Gasteiger partial charge in [-0.25, -0.2) is 4.79 Å². The second kappa shape index (κ2) is 7.46. The van der Waals surface area contributed by atoms with E-state index in [0.29, 0.717) is 25.4 Å². The molecule has 0 spiro atoms. The fraction of sp³-hybridized carbons (Fsp3) is 0.308. The van der Waals surface area contributed by atoms with Gasteiger partial charge in [-0.2, -0.15) is 0 Å². The Morgan fingerprint density at radius 3 is 2.65 bits per heavy atom. The van der Waals surface area contributed by atoms with Crippen molar-refractivity contribution in [3.05, 3.63) is 42.0 Å². The van der Waals surface area contributed by atoms with Crippen molar-refractivity contribution in [2.45, 2.75) is 6.92 Å². The van der Waals surface area contributed by atoms with Crippen LogP contribution in [0.15, 0.2) is 42.0 Å². The van der Waals surface area contributed by atoms with E-state index in [9.17, 15) is 4.79 Å². The lowest BCUT2D eigenvalue weighted by molar-refractivity contribution is -0.131. The van der Waals surface area contributed by atoms with Crippen molar-refractivity contribution >= 4 is 5.97 Å². The summed E-state index contributed by atoms with van der Waals surface area (Å²) >= 11 is 0. The van der Waals surface area contributed by atoms with Gasteiger partial charge in [0.15, 0.2) is 0 Å². The smallest absolute Gasteiger partial charge is 0.328 e. The van der Waals surface area contributed by atoms with Gasteiger partial charge in [0.05, 0.1) is 13.2 Å². The van der Waals surface area contributed by atoms with Crippen LogP contribution in [0.5, 0.6) is 5.75 Å². The lowest BCUT2D eigenvalue weighted by Crippen LogP contribution is -2.08. The van der Waals surface area contributed by atoms with Crippen LogP contribution in [0.2, 0.25) is 0 Å². The molecule has 0 fully saturated rings. The maximum Gasteiger partial charge on any atom is 0.328 e. The van der Waals surface area contributed by atoms with E-state index >= 15 is 0 Å². The number of hydrogen-bond donors (Lipinski definition) is 1. The van der Waals surface area contributed by atoms with Crippen LogP contribution in [0.1, 0.15) is 6.92 Å². The molecule has 0 unspecified atom stereocenters. The number of carboxylic acid groups (broad SMARTS) is 1. The Kier molecular flexibility index (Phi) is 5.82. The molecule has 1 aromatic rings. The summed E-state index contributed by atoms with van der Waals surface area (Å²) in [6.07, 6.45) is 1.14. The Balaban J connectivity index is 2.11. The van der Waals surface area contributed by atoms with Crippen LogP contribution < -0.4 is 4.74 Å². The fourth-order valence-corrected chi connectivity index (χ4v) is 1.22. The largest absolute Gasteiger partial charge is 0.491 e. The third-order valence-electron chi connectivity index (χ3n) is 1.94. The molecule has 0 aliphatic carbocycles. The Labute approximate surface area is 100 Å². The highest BCUT2D eigenvalue weighted by molar-refractivity contribution is 5.80. The molecule has 1 N–H and O–H groups in total. The zero-order chi connectivity index (χ0) is 12.5. The van der Waals surface area contributed by atoms with E-state index in [1.165, 1.54) is 0 Å². The Morgan fingerprint density at radius 1 is 1.29 bits per heavy atom. The van der Waals surface area contributed by atoms with Crippen molar-refractivity contribution in [3.8, 4) is 5.75 Å². The number of rotatable bonds is 7. The van der Waals surface area contributed by atoms with E-state index in [1.54, 1.807) is 6.92 Å². The number of carboxylic acids is 1. The van der Waals surface area contributed by atoms with E-state index in [0.717, 1.165) is 11.8 Å². The number of aliphatic carboxylic acids is 1. The molecule has 92 valence electrons. The Hall–Kier alpha value is -1.81. The molecule has 4 nitrogen and oxygen atoms in total. The molecule has 0 aliphatic heterocycles. The van der Waals surface area contributed by atoms with Crippen molar-refractivity contribution in [3.63, 3.8) is 0 Å². The summed E-state index contributed by atoms with van der Waals surface area (Å²) < 4.78 is 10.7. The summed E-state index contributed by atoms with van der Waals surface area (Å²) in [5, 5.41) is 8.48. The molecule has 1 aromatic carbocycles. The van der Waals surface area contributed by atoms with Crippen molar-refractivity contribution in [1.29, 1.82) is 0 Å². The number of carbonyl (C=O) groups is 1. The number of hydrogen-bond acceptors (Lipinski definition) is 3. The van der Waals surface area contributed by atoms with E-state index in [2.05, 4.69) is 0 Å². The molecular weight excluding hydrogens is 220 g/mol. The zero-order valence-electron chi connectivity index (χ0n) is 9.76. The average molecular weight is 236 g/mol. The maximum atomic E-state index is 10.3. The highest BCUT2D eigenvalue weighted by Crippen LogP contribution is 2.07. The van der Waals surface area contributed by atoms with Crippen LogP contribution in [0.3, 0.4) is 0 Å². The van der Waals surface area contributed by atoms with Crippen LogP contribution in [0.25, 0.3) is 0 Å². The SMILES string of the molecule is CC(=CC(=O)O)COCCOc1ccccc1. The molecule has 0 saturated carbocycles. The van der Waals surface area contributed by atoms with Gasteiger partial charge < -0.3 is 14.6 Å². The van der Waals surface area contributed by atoms with Gasteiger partial charge in [-0.1, -0.05) is 18.2 Å². The molecule has 17 heavy (non-hydrogen) atoms. The van der Waals surface area contributed by atoms with E-state index in [4.69, 9.17) is 14.6 Å². The van der Waals surface area contributed by atoms with Gasteiger partial charge in [0.1, 0.15) is 12.4 Å². The molecule has 1 rings (SSSR count). The molecule has 0 atom stereocenters. The van der Waals surface area contributed by atoms with E-state index in [1.807, 2.05) is 30.3 Å². The van der Waals surface area contributed by atoms with Gasteiger partial charge in [0.2, 0.25) is 0 Å². The first-order chi connectivity index (χ1) is 8.18.